The maximum atomic E-state index is 13.1. The summed E-state index contributed by atoms with van der Waals surface area (Å²) in [6.45, 7) is 0.386. The SMILES string of the molecule is CN(C)c1cc(C(=O)N2CCC[C@@](O)(C(N)=O)C2)c2ccccc2n1. The summed E-state index contributed by atoms with van der Waals surface area (Å²) < 4.78 is 0. The lowest BCUT2D eigenvalue weighted by atomic mass is 9.91. The van der Waals surface area contributed by atoms with Crippen LogP contribution in [0.25, 0.3) is 10.9 Å². The Hall–Kier alpha value is -2.67. The Kier molecular flexibility index (Phi) is 4.34. The molecular formula is C18H22N4O3. The first-order valence-electron chi connectivity index (χ1n) is 8.20. The first kappa shape index (κ1) is 17.2. The van der Waals surface area contributed by atoms with Crippen LogP contribution in [0.1, 0.15) is 23.2 Å². The van der Waals surface area contributed by atoms with Crippen molar-refractivity contribution in [2.75, 3.05) is 32.1 Å². The largest absolute Gasteiger partial charge is 0.378 e. The minimum absolute atomic E-state index is 0.0882. The van der Waals surface area contributed by atoms with Gasteiger partial charge in [-0.1, -0.05) is 18.2 Å². The number of hydrogen-bond donors (Lipinski definition) is 2. The number of para-hydroxylation sites is 1. The number of aliphatic hydroxyl groups is 1. The second-order valence-electron chi connectivity index (χ2n) is 6.67. The molecule has 0 radical (unpaired) electrons. The van der Waals surface area contributed by atoms with Crippen molar-refractivity contribution in [1.82, 2.24) is 9.88 Å². The van der Waals surface area contributed by atoms with Crippen molar-refractivity contribution in [2.45, 2.75) is 18.4 Å². The van der Waals surface area contributed by atoms with Crippen molar-refractivity contribution in [2.24, 2.45) is 5.73 Å². The van der Waals surface area contributed by atoms with E-state index < -0.39 is 11.5 Å². The van der Waals surface area contributed by atoms with Crippen molar-refractivity contribution in [3.8, 4) is 0 Å². The molecule has 7 heteroatoms. The summed E-state index contributed by atoms with van der Waals surface area (Å²) in [5.41, 5.74) is 4.87. The first-order chi connectivity index (χ1) is 11.8. The van der Waals surface area contributed by atoms with Crippen molar-refractivity contribution < 1.29 is 14.7 Å². The number of anilines is 1. The highest BCUT2D eigenvalue weighted by atomic mass is 16.3. The molecule has 1 saturated heterocycles. The molecule has 1 atom stereocenters. The van der Waals surface area contributed by atoms with Crippen LogP contribution in [-0.2, 0) is 4.79 Å². The Morgan fingerprint density at radius 2 is 2.04 bits per heavy atom. The van der Waals surface area contributed by atoms with Crippen molar-refractivity contribution >= 4 is 28.5 Å². The molecule has 0 bridgehead atoms. The van der Waals surface area contributed by atoms with Crippen molar-refractivity contribution in [3.63, 3.8) is 0 Å². The molecule has 1 aliphatic heterocycles. The number of aromatic nitrogens is 1. The van der Waals surface area contributed by atoms with Gasteiger partial charge in [0.15, 0.2) is 5.60 Å². The summed E-state index contributed by atoms with van der Waals surface area (Å²) in [6.07, 6.45) is 0.793. The highest BCUT2D eigenvalue weighted by molar-refractivity contribution is 6.07. The normalized spacial score (nSPS) is 20.5. The van der Waals surface area contributed by atoms with Gasteiger partial charge in [-0.3, -0.25) is 9.59 Å². The number of likely N-dealkylation sites (tertiary alicyclic amines) is 1. The van der Waals surface area contributed by atoms with Gasteiger partial charge in [0.1, 0.15) is 5.82 Å². The maximum absolute atomic E-state index is 13.1. The number of primary amides is 1. The van der Waals surface area contributed by atoms with E-state index in [4.69, 9.17) is 5.73 Å². The summed E-state index contributed by atoms with van der Waals surface area (Å²) in [7, 11) is 3.72. The van der Waals surface area contributed by atoms with Crippen LogP contribution in [0.4, 0.5) is 5.82 Å². The van der Waals surface area contributed by atoms with E-state index in [0.29, 0.717) is 24.3 Å². The molecule has 0 saturated carbocycles. The Balaban J connectivity index is 2.03. The molecule has 0 spiro atoms. The standard InChI is InChI=1S/C18H22N4O3/c1-21(2)15-10-13(12-6-3-4-7-14(12)20-15)16(23)22-9-5-8-18(25,11-22)17(19)24/h3-4,6-7,10,25H,5,8-9,11H2,1-2H3,(H2,19,24)/t18-/m0/s1. The molecule has 1 aliphatic rings. The molecule has 3 N–H and O–H groups in total. The van der Waals surface area contributed by atoms with E-state index in [0.717, 1.165) is 10.9 Å². The fourth-order valence-electron chi connectivity index (χ4n) is 3.15. The zero-order valence-corrected chi connectivity index (χ0v) is 14.4. The zero-order chi connectivity index (χ0) is 18.2. The lowest BCUT2D eigenvalue weighted by Crippen LogP contribution is -2.57. The van der Waals surface area contributed by atoms with E-state index >= 15 is 0 Å². The Labute approximate surface area is 146 Å². The lowest BCUT2D eigenvalue weighted by Gasteiger charge is -2.37. The average Bonchev–Trinajstić information content (AvgIpc) is 2.60. The summed E-state index contributed by atoms with van der Waals surface area (Å²) in [4.78, 5) is 32.5. The minimum Gasteiger partial charge on any atom is -0.378 e. The smallest absolute Gasteiger partial charge is 0.254 e. The molecule has 1 aromatic carbocycles. The van der Waals surface area contributed by atoms with E-state index in [1.165, 1.54) is 4.90 Å². The number of β-amino-alcohol motifs (C(OH)–C–C–N with tert-alkyl or cyclic N) is 1. The number of nitrogens with two attached hydrogens (primary N) is 1. The third-order valence-electron chi connectivity index (χ3n) is 4.61. The summed E-state index contributed by atoms with van der Waals surface area (Å²) in [5, 5.41) is 11.1. The highest BCUT2D eigenvalue weighted by Crippen LogP contribution is 2.27. The van der Waals surface area contributed by atoms with Gasteiger partial charge in [-0.15, -0.1) is 0 Å². The van der Waals surface area contributed by atoms with Gasteiger partial charge >= 0.3 is 0 Å². The fraction of sp³-hybridized carbons (Fsp3) is 0.389. The molecule has 1 aromatic heterocycles. The van der Waals surface area contributed by atoms with Crippen LogP contribution in [0, 0.1) is 0 Å². The third-order valence-corrected chi connectivity index (χ3v) is 4.61. The van der Waals surface area contributed by atoms with E-state index in [1.54, 1.807) is 6.07 Å². The quantitative estimate of drug-likeness (QED) is 0.857. The molecule has 25 heavy (non-hydrogen) atoms. The number of fused-ring (bicyclic) bond motifs is 1. The molecule has 7 nitrogen and oxygen atoms in total. The highest BCUT2D eigenvalue weighted by Gasteiger charge is 2.40. The Morgan fingerprint density at radius 1 is 1.32 bits per heavy atom. The molecule has 0 unspecified atom stereocenters. The molecule has 3 rings (SSSR count). The van der Waals surface area contributed by atoms with Crippen LogP contribution in [0.3, 0.4) is 0 Å². The van der Waals surface area contributed by atoms with Crippen molar-refractivity contribution in [3.05, 3.63) is 35.9 Å². The molecule has 2 amide bonds. The van der Waals surface area contributed by atoms with Gasteiger partial charge < -0.3 is 20.6 Å². The van der Waals surface area contributed by atoms with Crippen LogP contribution in [0.5, 0.6) is 0 Å². The number of hydrogen-bond acceptors (Lipinski definition) is 5. The minimum atomic E-state index is -1.67. The lowest BCUT2D eigenvalue weighted by molar-refractivity contribution is -0.140. The topological polar surface area (TPSA) is 99.8 Å². The predicted octanol–water partition coefficient (Wildman–Crippen LogP) is 0.753. The fourth-order valence-corrected chi connectivity index (χ4v) is 3.15. The van der Waals surface area contributed by atoms with Gasteiger partial charge in [0.25, 0.3) is 11.8 Å². The molecule has 132 valence electrons. The van der Waals surface area contributed by atoms with Gasteiger partial charge in [-0.05, 0) is 25.0 Å². The van der Waals surface area contributed by atoms with Crippen LogP contribution in [-0.4, -0.2) is 59.6 Å². The van der Waals surface area contributed by atoms with Gasteiger partial charge in [0.2, 0.25) is 0 Å². The third kappa shape index (κ3) is 3.15. The predicted molar refractivity (Wildman–Crippen MR) is 95.4 cm³/mol. The number of nitrogens with zero attached hydrogens (tertiary/aromatic N) is 3. The van der Waals surface area contributed by atoms with E-state index in [2.05, 4.69) is 4.98 Å². The van der Waals surface area contributed by atoms with E-state index in [-0.39, 0.29) is 18.9 Å². The molecular weight excluding hydrogens is 320 g/mol. The average molecular weight is 342 g/mol. The number of carbonyl (C=O) groups is 2. The molecule has 1 fully saturated rings. The number of pyridine rings is 1. The van der Waals surface area contributed by atoms with Crippen molar-refractivity contribution in [1.29, 1.82) is 0 Å². The van der Waals surface area contributed by atoms with Gasteiger partial charge in [-0.25, -0.2) is 4.98 Å². The van der Waals surface area contributed by atoms with Crippen LogP contribution in [0.15, 0.2) is 30.3 Å². The number of benzene rings is 1. The molecule has 2 aromatic rings. The second kappa shape index (κ2) is 6.33. The number of carbonyl (C=O) groups excluding carboxylic acids is 2. The Bertz CT molecular complexity index is 836. The second-order valence-corrected chi connectivity index (χ2v) is 6.67. The first-order valence-corrected chi connectivity index (χ1v) is 8.20. The summed E-state index contributed by atoms with van der Waals surface area (Å²) in [6, 6.07) is 9.17. The van der Waals surface area contributed by atoms with E-state index in [1.807, 2.05) is 43.3 Å². The maximum Gasteiger partial charge on any atom is 0.254 e. The van der Waals surface area contributed by atoms with Gasteiger partial charge in [0.05, 0.1) is 17.6 Å². The number of rotatable bonds is 3. The zero-order valence-electron chi connectivity index (χ0n) is 14.4. The summed E-state index contributed by atoms with van der Waals surface area (Å²) in [5.74, 6) is -0.358. The van der Waals surface area contributed by atoms with Crippen LogP contribution >= 0.6 is 0 Å². The van der Waals surface area contributed by atoms with Gasteiger partial charge in [-0.2, -0.15) is 0 Å². The molecule has 2 heterocycles. The summed E-state index contributed by atoms with van der Waals surface area (Å²) >= 11 is 0. The van der Waals surface area contributed by atoms with Gasteiger partial charge in [0, 0.05) is 26.0 Å². The van der Waals surface area contributed by atoms with E-state index in [9.17, 15) is 14.7 Å². The van der Waals surface area contributed by atoms with Crippen LogP contribution < -0.4 is 10.6 Å². The monoisotopic (exact) mass is 342 g/mol. The number of piperidine rings is 1. The number of amides is 2. The Morgan fingerprint density at radius 3 is 2.72 bits per heavy atom. The van der Waals surface area contributed by atoms with Crippen LogP contribution in [0.2, 0.25) is 0 Å². The molecule has 0 aliphatic carbocycles.